The van der Waals surface area contributed by atoms with Crippen molar-refractivity contribution in [3.63, 3.8) is 0 Å². The fourth-order valence-corrected chi connectivity index (χ4v) is 10.1. The van der Waals surface area contributed by atoms with Crippen LogP contribution in [0.3, 0.4) is 0 Å². The maximum atomic E-state index is 14.9. The molecule has 0 bridgehead atoms. The van der Waals surface area contributed by atoms with Crippen LogP contribution in [0, 0.1) is 17.3 Å². The van der Waals surface area contributed by atoms with Gasteiger partial charge < -0.3 is 44.0 Å². The molecule has 8 unspecified atom stereocenters. The third kappa shape index (κ3) is 12.3. The number of aromatic nitrogens is 2. The number of esters is 2. The molecule has 3 aliphatic rings. The van der Waals surface area contributed by atoms with Crippen LogP contribution in [0.25, 0.3) is 33.1 Å². The Bertz CT molecular complexity index is 2880. The van der Waals surface area contributed by atoms with Gasteiger partial charge in [0.2, 0.25) is 11.8 Å². The number of rotatable bonds is 19. The van der Waals surface area contributed by atoms with E-state index in [0.717, 1.165) is 46.6 Å². The van der Waals surface area contributed by atoms with Crippen LogP contribution in [-0.2, 0) is 28.7 Å². The van der Waals surface area contributed by atoms with E-state index in [1.54, 1.807) is 40.9 Å². The molecule has 3 fully saturated rings. The van der Waals surface area contributed by atoms with Crippen LogP contribution in [-0.4, -0.2) is 107 Å². The van der Waals surface area contributed by atoms with Gasteiger partial charge in [0, 0.05) is 83.6 Å². The molecule has 0 spiro atoms. The largest absolute Gasteiger partial charge is 0.497 e. The summed E-state index contributed by atoms with van der Waals surface area (Å²) in [6.45, 7) is 22.3. The Balaban J connectivity index is 1.06. The standard InChI is InChI=1S/C59H73N5O10/c1-12-38-32-59(38,56(68)70-13-2)63-54(66)50-28-42(34-64(50)55(67)45(57(5,6)7)29-53(65)74-58(8,9)10)73-52-31-47(37-17-15-14-16-18-37)62-49-27-40(20-22-44(49)52)71-24-23-35(3)46-30-51(72-41-25-36(4)60-33-41)43-21-19-39(69-11)26-48(43)61-46/h12,14-22,26-27,30-31,35-36,38,41-42,45,50,60H,1,13,23-25,28-29,32-34H2,2-11H3,(H,63,66). The molecule has 0 radical (unpaired) electrons. The van der Waals surface area contributed by atoms with Gasteiger partial charge in [-0.25, -0.2) is 9.78 Å². The van der Waals surface area contributed by atoms with E-state index in [4.69, 9.17) is 38.4 Å². The first-order valence-corrected chi connectivity index (χ1v) is 26.0. The zero-order valence-corrected chi connectivity index (χ0v) is 44.6. The number of carbonyl (C=O) groups is 4. The molecule has 74 heavy (non-hydrogen) atoms. The zero-order valence-electron chi connectivity index (χ0n) is 44.6. The first-order chi connectivity index (χ1) is 35.2. The van der Waals surface area contributed by atoms with E-state index >= 15 is 0 Å². The van der Waals surface area contributed by atoms with Crippen LogP contribution in [0.2, 0.25) is 0 Å². The van der Waals surface area contributed by atoms with Crippen molar-refractivity contribution >= 4 is 45.6 Å². The molecule has 4 heterocycles. The van der Waals surface area contributed by atoms with Crippen molar-refractivity contribution in [1.29, 1.82) is 0 Å². The van der Waals surface area contributed by atoms with Crippen LogP contribution in [0.5, 0.6) is 23.0 Å². The van der Waals surface area contributed by atoms with Crippen LogP contribution in [0.15, 0.2) is 91.5 Å². The number of carbonyl (C=O) groups excluding carboxylic acids is 4. The second kappa shape index (κ2) is 22.0. The first kappa shape index (κ1) is 53.5. The van der Waals surface area contributed by atoms with Crippen molar-refractivity contribution in [3.8, 4) is 34.3 Å². The van der Waals surface area contributed by atoms with E-state index in [1.165, 1.54) is 4.90 Å². The third-order valence-corrected chi connectivity index (χ3v) is 14.3. The van der Waals surface area contributed by atoms with Gasteiger partial charge >= 0.3 is 11.9 Å². The SMILES string of the molecule is C=CC1CC1(NC(=O)C1CC(Oc2cc(-c3ccccc3)nc3cc(OCCC(C)c4cc(OC5CNC(C)C5)c5ccc(OC)cc5n4)ccc23)CN1C(=O)C(CC(=O)OC(C)(C)C)C(C)(C)C)C(=O)OCC. The molecule has 1 aliphatic carbocycles. The fourth-order valence-electron chi connectivity index (χ4n) is 10.1. The van der Waals surface area contributed by atoms with Crippen molar-refractivity contribution in [2.24, 2.45) is 17.3 Å². The molecule has 15 nitrogen and oxygen atoms in total. The minimum Gasteiger partial charge on any atom is -0.497 e. The molecule has 2 amide bonds. The van der Waals surface area contributed by atoms with Gasteiger partial charge in [-0.15, -0.1) is 6.58 Å². The minimum atomic E-state index is -1.29. The number of likely N-dealkylation sites (tertiary alicyclic amines) is 1. The number of fused-ring (bicyclic) bond motifs is 2. The second-order valence-corrected chi connectivity index (χ2v) is 22.2. The number of methoxy groups -OCH3 is 1. The highest BCUT2D eigenvalue weighted by atomic mass is 16.6. The predicted molar refractivity (Wildman–Crippen MR) is 284 cm³/mol. The molecule has 15 heteroatoms. The number of nitrogens with zero attached hydrogens (tertiary/aromatic N) is 3. The minimum absolute atomic E-state index is 0.0278. The maximum Gasteiger partial charge on any atom is 0.332 e. The number of hydrogen-bond acceptors (Lipinski definition) is 13. The molecule has 2 aromatic heterocycles. The molecular weight excluding hydrogens is 939 g/mol. The first-order valence-electron chi connectivity index (χ1n) is 26.0. The van der Waals surface area contributed by atoms with Crippen LogP contribution < -0.4 is 29.6 Å². The molecule has 8 rings (SSSR count). The number of ether oxygens (including phenoxy) is 6. The molecule has 2 N–H and O–H groups in total. The summed E-state index contributed by atoms with van der Waals surface area (Å²) >= 11 is 0. The molecule has 8 atom stereocenters. The fraction of sp³-hybridized carbons (Fsp3) is 0.492. The highest BCUT2D eigenvalue weighted by Gasteiger charge is 2.62. The van der Waals surface area contributed by atoms with Gasteiger partial charge in [-0.05, 0) is 77.1 Å². The van der Waals surface area contributed by atoms with Gasteiger partial charge in [-0.3, -0.25) is 19.4 Å². The summed E-state index contributed by atoms with van der Waals surface area (Å²) in [5.74, 6) is -0.473. The Morgan fingerprint density at radius 3 is 2.20 bits per heavy atom. The molecule has 2 aliphatic heterocycles. The Labute approximate surface area is 435 Å². The lowest BCUT2D eigenvalue weighted by Crippen LogP contribution is -2.55. The van der Waals surface area contributed by atoms with Gasteiger partial charge in [0.25, 0.3) is 0 Å². The second-order valence-electron chi connectivity index (χ2n) is 22.2. The predicted octanol–water partition coefficient (Wildman–Crippen LogP) is 9.53. The third-order valence-electron chi connectivity index (χ3n) is 14.3. The van der Waals surface area contributed by atoms with Gasteiger partial charge in [0.1, 0.15) is 52.4 Å². The Morgan fingerprint density at radius 2 is 1.57 bits per heavy atom. The van der Waals surface area contributed by atoms with E-state index < -0.39 is 58.4 Å². The smallest absolute Gasteiger partial charge is 0.332 e. The van der Waals surface area contributed by atoms with Gasteiger partial charge in [0.05, 0.1) is 55.9 Å². The van der Waals surface area contributed by atoms with Crippen LogP contribution >= 0.6 is 0 Å². The van der Waals surface area contributed by atoms with Crippen LogP contribution in [0.4, 0.5) is 0 Å². The molecule has 3 aromatic carbocycles. The van der Waals surface area contributed by atoms with E-state index in [9.17, 15) is 19.2 Å². The maximum absolute atomic E-state index is 14.9. The van der Waals surface area contributed by atoms with Crippen molar-refractivity contribution in [2.75, 3.05) is 33.4 Å². The topological polar surface area (TPSA) is 177 Å². The summed E-state index contributed by atoms with van der Waals surface area (Å²) in [6, 6.07) is 24.6. The van der Waals surface area contributed by atoms with Crippen LogP contribution in [0.1, 0.15) is 106 Å². The van der Waals surface area contributed by atoms with E-state index in [1.807, 2.05) is 93.6 Å². The van der Waals surface area contributed by atoms with Gasteiger partial charge in [0.15, 0.2) is 0 Å². The van der Waals surface area contributed by atoms with Crippen molar-refractivity contribution < 1.29 is 47.6 Å². The lowest BCUT2D eigenvalue weighted by molar-refractivity contribution is -0.161. The number of hydrogen-bond donors (Lipinski definition) is 2. The van der Waals surface area contributed by atoms with Crippen molar-refractivity contribution in [1.82, 2.24) is 25.5 Å². The monoisotopic (exact) mass is 1010 g/mol. The van der Waals surface area contributed by atoms with Gasteiger partial charge in [-0.1, -0.05) is 64.1 Å². The van der Waals surface area contributed by atoms with Gasteiger partial charge in [-0.2, -0.15) is 0 Å². The normalized spacial score (nSPS) is 22.4. The summed E-state index contributed by atoms with van der Waals surface area (Å²) in [7, 11) is 1.65. The highest BCUT2D eigenvalue weighted by molar-refractivity contribution is 5.96. The number of pyridine rings is 2. The zero-order chi connectivity index (χ0) is 53.1. The Morgan fingerprint density at radius 1 is 0.892 bits per heavy atom. The summed E-state index contributed by atoms with van der Waals surface area (Å²) in [4.78, 5) is 67.9. The summed E-state index contributed by atoms with van der Waals surface area (Å²) in [5.41, 5.74) is 1.10. The lowest BCUT2D eigenvalue weighted by Gasteiger charge is -2.35. The van der Waals surface area contributed by atoms with Crippen molar-refractivity contribution in [2.45, 2.75) is 136 Å². The summed E-state index contributed by atoms with van der Waals surface area (Å²) in [6.07, 6.45) is 2.85. The number of nitrogens with one attached hydrogen (secondary N) is 2. The molecule has 2 saturated heterocycles. The summed E-state index contributed by atoms with van der Waals surface area (Å²) in [5, 5.41) is 8.10. The van der Waals surface area contributed by atoms with Crippen molar-refractivity contribution in [3.05, 3.63) is 97.2 Å². The average molecular weight is 1010 g/mol. The molecule has 394 valence electrons. The summed E-state index contributed by atoms with van der Waals surface area (Å²) < 4.78 is 36.6. The average Bonchev–Trinajstić information content (AvgIpc) is 3.65. The number of benzene rings is 3. The van der Waals surface area contributed by atoms with E-state index in [2.05, 4.69) is 37.1 Å². The Kier molecular flexibility index (Phi) is 15.9. The quantitative estimate of drug-likeness (QED) is 0.0591. The molecular formula is C59H73N5O10. The lowest BCUT2D eigenvalue weighted by atomic mass is 9.77. The molecule has 1 saturated carbocycles. The molecule has 5 aromatic rings. The number of amides is 2. The van der Waals surface area contributed by atoms with E-state index in [-0.39, 0.29) is 43.9 Å². The van der Waals surface area contributed by atoms with E-state index in [0.29, 0.717) is 53.6 Å². The highest BCUT2D eigenvalue weighted by Crippen LogP contribution is 2.46. The Hall–Kier alpha value is -6.74.